The Morgan fingerprint density at radius 2 is 1.50 bits per heavy atom. The van der Waals surface area contributed by atoms with Crippen molar-refractivity contribution in [2.45, 2.75) is 25.2 Å². The van der Waals surface area contributed by atoms with E-state index in [0.717, 1.165) is 6.54 Å². The fourth-order valence-corrected chi connectivity index (χ4v) is 3.06. The number of benzene rings is 2. The van der Waals surface area contributed by atoms with Crippen LogP contribution >= 0.6 is 0 Å². The summed E-state index contributed by atoms with van der Waals surface area (Å²) >= 11 is 0. The topological polar surface area (TPSA) is 81.0 Å². The van der Waals surface area contributed by atoms with E-state index in [1.165, 1.54) is 16.7 Å². The van der Waals surface area contributed by atoms with Gasteiger partial charge in [-0.05, 0) is 16.7 Å². The lowest BCUT2D eigenvalue weighted by Crippen LogP contribution is -2.45. The SMILES string of the molecule is O=CO.O[C@@H]1C[C@@H](O)CN(Cc2ccccc2-c2ccccc2)C1. The Hall–Kier alpha value is -2.21. The average molecular weight is 329 g/mol. The maximum Gasteiger partial charge on any atom is 0.290 e. The van der Waals surface area contributed by atoms with Gasteiger partial charge in [0.2, 0.25) is 0 Å². The van der Waals surface area contributed by atoms with Gasteiger partial charge in [0.1, 0.15) is 0 Å². The van der Waals surface area contributed by atoms with E-state index in [9.17, 15) is 10.2 Å². The lowest BCUT2D eigenvalue weighted by molar-refractivity contribution is -0.122. The van der Waals surface area contributed by atoms with Crippen molar-refractivity contribution >= 4 is 6.47 Å². The summed E-state index contributed by atoms with van der Waals surface area (Å²) in [5.41, 5.74) is 3.64. The number of β-amino-alcohol motifs (C(OH)–C–C–N with tert-alkyl or cyclic N) is 2. The normalized spacial score (nSPS) is 20.8. The zero-order valence-corrected chi connectivity index (χ0v) is 13.5. The maximum absolute atomic E-state index is 9.81. The molecule has 0 amide bonds. The molecule has 1 fully saturated rings. The molecule has 5 nitrogen and oxygen atoms in total. The zero-order chi connectivity index (χ0) is 17.4. The van der Waals surface area contributed by atoms with Crippen LogP contribution in [0.4, 0.5) is 0 Å². The first-order valence-electron chi connectivity index (χ1n) is 7.93. The molecule has 3 rings (SSSR count). The van der Waals surface area contributed by atoms with Gasteiger partial charge in [-0.3, -0.25) is 9.69 Å². The minimum Gasteiger partial charge on any atom is -0.483 e. The smallest absolute Gasteiger partial charge is 0.290 e. The van der Waals surface area contributed by atoms with E-state index >= 15 is 0 Å². The molecule has 24 heavy (non-hydrogen) atoms. The van der Waals surface area contributed by atoms with Crippen LogP contribution in [0.2, 0.25) is 0 Å². The fourth-order valence-electron chi connectivity index (χ4n) is 3.06. The van der Waals surface area contributed by atoms with Crippen molar-refractivity contribution in [3.8, 4) is 11.1 Å². The molecule has 5 heteroatoms. The summed E-state index contributed by atoms with van der Waals surface area (Å²) in [4.78, 5) is 10.5. The van der Waals surface area contributed by atoms with Crippen LogP contribution in [0.15, 0.2) is 54.6 Å². The first kappa shape index (κ1) is 18.1. The molecule has 1 heterocycles. The lowest BCUT2D eigenvalue weighted by atomic mass is 9.98. The zero-order valence-electron chi connectivity index (χ0n) is 13.5. The molecular formula is C19H23NO4. The number of rotatable bonds is 3. The van der Waals surface area contributed by atoms with E-state index in [0.29, 0.717) is 19.5 Å². The molecule has 1 aliphatic rings. The molecule has 3 N–H and O–H groups in total. The van der Waals surface area contributed by atoms with Gasteiger partial charge in [-0.1, -0.05) is 54.6 Å². The molecular weight excluding hydrogens is 306 g/mol. The van der Waals surface area contributed by atoms with Crippen LogP contribution < -0.4 is 0 Å². The van der Waals surface area contributed by atoms with Crippen LogP contribution in [0.1, 0.15) is 12.0 Å². The number of hydrogen-bond donors (Lipinski definition) is 3. The number of likely N-dealkylation sites (tertiary alicyclic amines) is 1. The number of aliphatic hydroxyl groups excluding tert-OH is 2. The number of carbonyl (C=O) groups is 1. The first-order valence-corrected chi connectivity index (χ1v) is 7.93. The Morgan fingerprint density at radius 3 is 2.12 bits per heavy atom. The molecule has 0 aromatic heterocycles. The molecule has 128 valence electrons. The summed E-state index contributed by atoms with van der Waals surface area (Å²) in [6.45, 7) is 1.75. The maximum atomic E-state index is 9.81. The van der Waals surface area contributed by atoms with Gasteiger partial charge in [-0.2, -0.15) is 0 Å². The second-order valence-electron chi connectivity index (χ2n) is 5.87. The summed E-state index contributed by atoms with van der Waals surface area (Å²) in [6, 6.07) is 18.7. The third kappa shape index (κ3) is 5.16. The van der Waals surface area contributed by atoms with Crippen LogP contribution in [0, 0.1) is 0 Å². The third-order valence-corrected chi connectivity index (χ3v) is 3.98. The van der Waals surface area contributed by atoms with E-state index in [1.54, 1.807) is 0 Å². The van der Waals surface area contributed by atoms with Crippen molar-refractivity contribution in [2.75, 3.05) is 13.1 Å². The van der Waals surface area contributed by atoms with Crippen LogP contribution in [0.3, 0.4) is 0 Å². The summed E-state index contributed by atoms with van der Waals surface area (Å²) in [5, 5.41) is 26.5. The molecule has 1 aliphatic heterocycles. The Balaban J connectivity index is 0.000000647. The third-order valence-electron chi connectivity index (χ3n) is 3.98. The van der Waals surface area contributed by atoms with Gasteiger partial charge in [-0.25, -0.2) is 0 Å². The fraction of sp³-hybridized carbons (Fsp3) is 0.316. The quantitative estimate of drug-likeness (QED) is 0.750. The van der Waals surface area contributed by atoms with E-state index in [-0.39, 0.29) is 6.47 Å². The van der Waals surface area contributed by atoms with Crippen molar-refractivity contribution in [3.05, 3.63) is 60.2 Å². The molecule has 0 aliphatic carbocycles. The summed E-state index contributed by atoms with van der Waals surface area (Å²) in [7, 11) is 0. The molecule has 0 radical (unpaired) electrons. The average Bonchev–Trinajstić information content (AvgIpc) is 2.56. The van der Waals surface area contributed by atoms with Gasteiger partial charge >= 0.3 is 0 Å². The minimum absolute atomic E-state index is 0.250. The van der Waals surface area contributed by atoms with E-state index in [4.69, 9.17) is 9.90 Å². The van der Waals surface area contributed by atoms with Gasteiger partial charge in [-0.15, -0.1) is 0 Å². The molecule has 0 saturated carbocycles. The van der Waals surface area contributed by atoms with Crippen molar-refractivity contribution in [3.63, 3.8) is 0 Å². The Labute approximate surface area is 141 Å². The van der Waals surface area contributed by atoms with Crippen LogP contribution in [0.5, 0.6) is 0 Å². The monoisotopic (exact) mass is 329 g/mol. The molecule has 0 unspecified atom stereocenters. The molecule has 0 spiro atoms. The number of carboxylic acid groups (broad SMARTS) is 1. The Kier molecular flexibility index (Phi) is 6.93. The predicted octanol–water partition coefficient (Wildman–Crippen LogP) is 1.98. The Morgan fingerprint density at radius 1 is 0.958 bits per heavy atom. The van der Waals surface area contributed by atoms with Gasteiger partial charge in [0, 0.05) is 26.1 Å². The van der Waals surface area contributed by atoms with Crippen molar-refractivity contribution in [1.29, 1.82) is 0 Å². The minimum atomic E-state index is -0.433. The summed E-state index contributed by atoms with van der Waals surface area (Å²) in [6.07, 6.45) is -0.383. The molecule has 2 atom stereocenters. The van der Waals surface area contributed by atoms with Gasteiger partial charge in [0.05, 0.1) is 12.2 Å². The van der Waals surface area contributed by atoms with E-state index in [2.05, 4.69) is 29.2 Å². The summed E-state index contributed by atoms with van der Waals surface area (Å²) in [5.74, 6) is 0. The molecule has 0 bridgehead atoms. The molecule has 2 aromatic carbocycles. The highest BCUT2D eigenvalue weighted by molar-refractivity contribution is 5.67. The molecule has 1 saturated heterocycles. The first-order chi connectivity index (χ1) is 11.6. The molecule has 2 aromatic rings. The van der Waals surface area contributed by atoms with Crippen molar-refractivity contribution in [1.82, 2.24) is 4.90 Å². The summed E-state index contributed by atoms with van der Waals surface area (Å²) < 4.78 is 0. The van der Waals surface area contributed by atoms with Crippen molar-refractivity contribution in [2.24, 2.45) is 0 Å². The Bertz CT molecular complexity index is 622. The van der Waals surface area contributed by atoms with E-state index in [1.807, 2.05) is 30.3 Å². The number of piperidine rings is 1. The van der Waals surface area contributed by atoms with Gasteiger partial charge in [0.15, 0.2) is 0 Å². The highest BCUT2D eigenvalue weighted by Crippen LogP contribution is 2.25. The standard InChI is InChI=1S/C18H21NO2.CH2O2/c20-16-10-17(21)13-19(12-16)11-15-8-4-5-9-18(15)14-6-2-1-3-7-14;2-1-3/h1-9,16-17,20-21H,10-13H2;1H,(H,2,3)/t16-,17-;/m1./s1. The highest BCUT2D eigenvalue weighted by atomic mass is 16.3. The van der Waals surface area contributed by atoms with Gasteiger partial charge < -0.3 is 15.3 Å². The second kappa shape index (κ2) is 9.17. The van der Waals surface area contributed by atoms with Crippen LogP contribution in [-0.2, 0) is 11.3 Å². The number of nitrogens with zero attached hydrogens (tertiary/aromatic N) is 1. The second-order valence-corrected chi connectivity index (χ2v) is 5.87. The highest BCUT2D eigenvalue weighted by Gasteiger charge is 2.24. The lowest BCUT2D eigenvalue weighted by Gasteiger charge is -2.33. The number of hydrogen-bond acceptors (Lipinski definition) is 4. The van der Waals surface area contributed by atoms with Gasteiger partial charge in [0.25, 0.3) is 6.47 Å². The van der Waals surface area contributed by atoms with Crippen LogP contribution in [-0.4, -0.2) is 52.0 Å². The largest absolute Gasteiger partial charge is 0.483 e. The predicted molar refractivity (Wildman–Crippen MR) is 92.5 cm³/mol. The van der Waals surface area contributed by atoms with Crippen LogP contribution in [0.25, 0.3) is 11.1 Å². The van der Waals surface area contributed by atoms with Crippen molar-refractivity contribution < 1.29 is 20.1 Å². The number of aliphatic hydroxyl groups is 2. The van der Waals surface area contributed by atoms with E-state index < -0.39 is 12.2 Å².